The van der Waals surface area contributed by atoms with Gasteiger partial charge in [0.1, 0.15) is 24.7 Å². The Bertz CT molecular complexity index is 895. The number of benzene rings is 1. The first kappa shape index (κ1) is 19.6. The summed E-state index contributed by atoms with van der Waals surface area (Å²) in [4.78, 5) is 33.1. The van der Waals surface area contributed by atoms with Gasteiger partial charge in [0.05, 0.1) is 4.92 Å². The molecule has 0 aliphatic rings. The number of non-ortho nitro benzene ring substituents is 1. The third-order valence-electron chi connectivity index (χ3n) is 3.26. The summed E-state index contributed by atoms with van der Waals surface area (Å²) in [7, 11) is 0. The number of carbonyl (C=O) groups is 2. The van der Waals surface area contributed by atoms with E-state index in [1.54, 1.807) is 24.3 Å². The van der Waals surface area contributed by atoms with E-state index in [4.69, 9.17) is 13.9 Å². The molecule has 0 atom stereocenters. The zero-order chi connectivity index (χ0) is 19.8. The average molecular weight is 371 g/mol. The van der Waals surface area contributed by atoms with Gasteiger partial charge in [-0.05, 0) is 25.1 Å². The molecule has 1 aromatic heterocycles. The van der Waals surface area contributed by atoms with E-state index in [2.05, 4.69) is 6.58 Å². The topological polar surface area (TPSA) is 109 Å². The van der Waals surface area contributed by atoms with Crippen LogP contribution in [0.5, 0.6) is 0 Å². The number of esters is 2. The number of hydrogen-bond acceptors (Lipinski definition) is 7. The monoisotopic (exact) mass is 371 g/mol. The maximum Gasteiger partial charge on any atom is 0.333 e. The number of nitrogens with zero attached hydrogens (tertiary/aromatic N) is 1. The van der Waals surface area contributed by atoms with Crippen molar-refractivity contribution in [2.45, 2.75) is 6.92 Å². The van der Waals surface area contributed by atoms with Gasteiger partial charge in [-0.25, -0.2) is 9.59 Å². The predicted molar refractivity (Wildman–Crippen MR) is 96.6 cm³/mol. The molecule has 2 aromatic rings. The van der Waals surface area contributed by atoms with Crippen LogP contribution in [-0.2, 0) is 19.1 Å². The van der Waals surface area contributed by atoms with Crippen LogP contribution in [0, 0.1) is 10.1 Å². The number of carbonyl (C=O) groups excluding carboxylic acids is 2. The lowest BCUT2D eigenvalue weighted by molar-refractivity contribution is -0.384. The van der Waals surface area contributed by atoms with Gasteiger partial charge in [0.15, 0.2) is 0 Å². The van der Waals surface area contributed by atoms with Crippen LogP contribution < -0.4 is 0 Å². The second-order valence-electron chi connectivity index (χ2n) is 5.43. The van der Waals surface area contributed by atoms with Crippen LogP contribution in [0.4, 0.5) is 5.69 Å². The molecule has 0 aliphatic carbocycles. The minimum Gasteiger partial charge on any atom is -0.459 e. The standard InChI is InChI=1S/C19H17NO7/c1-13(2)19(22)26-11-10-25-18(21)9-7-16-6-8-17(27-16)14-4-3-5-15(12-14)20(23)24/h3-9,12H,1,10-11H2,2H3/b9-7+. The molecule has 8 heteroatoms. The zero-order valence-electron chi connectivity index (χ0n) is 14.5. The number of hydrogen-bond donors (Lipinski definition) is 0. The summed E-state index contributed by atoms with van der Waals surface area (Å²) < 4.78 is 15.2. The molecule has 0 unspecified atom stereocenters. The second-order valence-corrected chi connectivity index (χ2v) is 5.43. The van der Waals surface area contributed by atoms with Crippen LogP contribution in [0.3, 0.4) is 0 Å². The second kappa shape index (κ2) is 9.14. The summed E-state index contributed by atoms with van der Waals surface area (Å²) in [6.45, 7) is 4.80. The Morgan fingerprint density at radius 2 is 1.96 bits per heavy atom. The van der Waals surface area contributed by atoms with E-state index in [0.717, 1.165) is 6.08 Å². The van der Waals surface area contributed by atoms with Gasteiger partial charge in [-0.15, -0.1) is 0 Å². The Morgan fingerprint density at radius 3 is 2.67 bits per heavy atom. The minimum atomic E-state index is -0.630. The summed E-state index contributed by atoms with van der Waals surface area (Å²) in [6, 6.07) is 9.28. The van der Waals surface area contributed by atoms with Crippen molar-refractivity contribution in [3.63, 3.8) is 0 Å². The largest absolute Gasteiger partial charge is 0.459 e. The van der Waals surface area contributed by atoms with E-state index in [1.165, 1.54) is 25.1 Å². The molecule has 2 rings (SSSR count). The van der Waals surface area contributed by atoms with Crippen molar-refractivity contribution in [3.05, 3.63) is 70.5 Å². The highest BCUT2D eigenvalue weighted by Crippen LogP contribution is 2.26. The molecule has 140 valence electrons. The van der Waals surface area contributed by atoms with Crippen LogP contribution in [0.25, 0.3) is 17.4 Å². The molecule has 1 heterocycles. The highest BCUT2D eigenvalue weighted by Gasteiger charge is 2.10. The number of ether oxygens (including phenoxy) is 2. The van der Waals surface area contributed by atoms with Crippen LogP contribution in [0.2, 0.25) is 0 Å². The van der Waals surface area contributed by atoms with Crippen molar-refractivity contribution in [2.75, 3.05) is 13.2 Å². The maximum absolute atomic E-state index is 11.6. The molecule has 0 bridgehead atoms. The van der Waals surface area contributed by atoms with Gasteiger partial charge >= 0.3 is 11.9 Å². The molecular weight excluding hydrogens is 354 g/mol. The fourth-order valence-corrected chi connectivity index (χ4v) is 1.97. The van der Waals surface area contributed by atoms with Gasteiger partial charge in [0.25, 0.3) is 5.69 Å². The summed E-state index contributed by atoms with van der Waals surface area (Å²) in [6.07, 6.45) is 2.57. The first-order valence-electron chi connectivity index (χ1n) is 7.89. The molecule has 8 nitrogen and oxygen atoms in total. The lowest BCUT2D eigenvalue weighted by Crippen LogP contribution is -2.12. The van der Waals surface area contributed by atoms with Gasteiger partial charge in [0.2, 0.25) is 0 Å². The third-order valence-corrected chi connectivity index (χ3v) is 3.26. The van der Waals surface area contributed by atoms with E-state index in [9.17, 15) is 19.7 Å². The number of nitro benzene ring substituents is 1. The molecule has 1 aromatic carbocycles. The van der Waals surface area contributed by atoms with Gasteiger partial charge in [0, 0.05) is 29.3 Å². The molecule has 0 aliphatic heterocycles. The van der Waals surface area contributed by atoms with E-state index < -0.39 is 16.9 Å². The zero-order valence-corrected chi connectivity index (χ0v) is 14.5. The molecule has 0 spiro atoms. The Morgan fingerprint density at radius 1 is 1.22 bits per heavy atom. The van der Waals surface area contributed by atoms with Crippen molar-refractivity contribution in [2.24, 2.45) is 0 Å². The summed E-state index contributed by atoms with van der Waals surface area (Å²) in [5, 5.41) is 10.8. The van der Waals surface area contributed by atoms with Crippen molar-refractivity contribution >= 4 is 23.7 Å². The van der Waals surface area contributed by atoms with Crippen molar-refractivity contribution in [1.82, 2.24) is 0 Å². The van der Waals surface area contributed by atoms with Gasteiger partial charge in [-0.3, -0.25) is 10.1 Å². The fraction of sp³-hybridized carbons (Fsp3) is 0.158. The third kappa shape index (κ3) is 5.96. The molecule has 0 radical (unpaired) electrons. The predicted octanol–water partition coefficient (Wildman–Crippen LogP) is 3.53. The van der Waals surface area contributed by atoms with Crippen molar-refractivity contribution < 1.29 is 28.4 Å². The minimum absolute atomic E-state index is 0.0445. The first-order chi connectivity index (χ1) is 12.9. The number of rotatable bonds is 8. The SMILES string of the molecule is C=C(C)C(=O)OCCOC(=O)/C=C/c1ccc(-c2cccc([N+](=O)[O-])c2)o1. The summed E-state index contributed by atoms with van der Waals surface area (Å²) in [5.41, 5.74) is 0.765. The smallest absolute Gasteiger partial charge is 0.333 e. The Hall–Kier alpha value is -3.68. The highest BCUT2D eigenvalue weighted by atomic mass is 16.6. The van der Waals surface area contributed by atoms with E-state index >= 15 is 0 Å². The number of furan rings is 1. The molecule has 0 saturated heterocycles. The van der Waals surface area contributed by atoms with Crippen LogP contribution in [0.15, 0.2) is 59.0 Å². The van der Waals surface area contributed by atoms with Crippen LogP contribution in [0.1, 0.15) is 12.7 Å². The molecule has 0 N–H and O–H groups in total. The van der Waals surface area contributed by atoms with Crippen LogP contribution in [-0.4, -0.2) is 30.1 Å². The first-order valence-corrected chi connectivity index (χ1v) is 7.89. The number of nitro groups is 1. The maximum atomic E-state index is 11.6. The Kier molecular flexibility index (Phi) is 6.65. The molecule has 0 saturated carbocycles. The average Bonchev–Trinajstić information content (AvgIpc) is 3.12. The molecule has 0 fully saturated rings. The quantitative estimate of drug-likeness (QED) is 0.229. The summed E-state index contributed by atoms with van der Waals surface area (Å²) in [5.74, 6) is -0.374. The molecule has 0 amide bonds. The summed E-state index contributed by atoms with van der Waals surface area (Å²) >= 11 is 0. The Balaban J connectivity index is 1.88. The molecular formula is C19H17NO7. The normalized spacial score (nSPS) is 10.6. The molecule has 27 heavy (non-hydrogen) atoms. The van der Waals surface area contributed by atoms with E-state index in [1.807, 2.05) is 0 Å². The van der Waals surface area contributed by atoms with E-state index in [0.29, 0.717) is 17.1 Å². The Labute approximate surface area is 154 Å². The van der Waals surface area contributed by atoms with Gasteiger partial charge in [-0.2, -0.15) is 0 Å². The van der Waals surface area contributed by atoms with E-state index in [-0.39, 0.29) is 24.5 Å². The van der Waals surface area contributed by atoms with Gasteiger partial charge in [-0.1, -0.05) is 18.7 Å². The highest BCUT2D eigenvalue weighted by molar-refractivity contribution is 5.87. The lowest BCUT2D eigenvalue weighted by Gasteiger charge is -2.04. The lowest BCUT2D eigenvalue weighted by atomic mass is 10.1. The van der Waals surface area contributed by atoms with Crippen molar-refractivity contribution in [1.29, 1.82) is 0 Å². The fourth-order valence-electron chi connectivity index (χ4n) is 1.97. The van der Waals surface area contributed by atoms with Crippen LogP contribution >= 0.6 is 0 Å². The van der Waals surface area contributed by atoms with Gasteiger partial charge < -0.3 is 13.9 Å². The van der Waals surface area contributed by atoms with Crippen molar-refractivity contribution in [3.8, 4) is 11.3 Å².